The highest BCUT2D eigenvalue weighted by molar-refractivity contribution is 5.49. The van der Waals surface area contributed by atoms with Gasteiger partial charge in [-0.15, -0.1) is 0 Å². The summed E-state index contributed by atoms with van der Waals surface area (Å²) in [7, 11) is 0. The number of ether oxygens (including phenoxy) is 1. The van der Waals surface area contributed by atoms with Gasteiger partial charge in [-0.1, -0.05) is 87.5 Å². The molecular weight excluding hydrogens is 316 g/mol. The van der Waals surface area contributed by atoms with Gasteiger partial charge in [0, 0.05) is 0 Å². The van der Waals surface area contributed by atoms with Crippen LogP contribution in [0.3, 0.4) is 0 Å². The molecule has 1 nitrogen and oxygen atoms in total. The lowest BCUT2D eigenvalue weighted by molar-refractivity contribution is -0.0927. The molecule has 0 bridgehead atoms. The van der Waals surface area contributed by atoms with Crippen molar-refractivity contribution in [3.8, 4) is 0 Å². The molecule has 2 unspecified atom stereocenters. The van der Waals surface area contributed by atoms with Gasteiger partial charge in [0.25, 0.3) is 0 Å². The maximum atomic E-state index is 6.28. The summed E-state index contributed by atoms with van der Waals surface area (Å²) >= 11 is 0. The lowest BCUT2D eigenvalue weighted by atomic mass is 9.93. The summed E-state index contributed by atoms with van der Waals surface area (Å²) in [5.41, 5.74) is 3.76. The fourth-order valence-electron chi connectivity index (χ4n) is 2.86. The molecule has 2 atom stereocenters. The van der Waals surface area contributed by atoms with E-state index < -0.39 is 0 Å². The maximum Gasteiger partial charge on any atom is 0.0804 e. The Morgan fingerprint density at radius 3 is 2.08 bits per heavy atom. The van der Waals surface area contributed by atoms with Gasteiger partial charge in [0.1, 0.15) is 0 Å². The SMILES string of the molecule is CC(/C=C/c1ccccc1)Cc1ccc(C(C)OC(C)(C)C(C)C)cc1. The van der Waals surface area contributed by atoms with Crippen molar-refractivity contribution in [2.75, 3.05) is 0 Å². The second-order valence-electron chi connectivity index (χ2n) is 8.21. The zero-order valence-electron chi connectivity index (χ0n) is 17.2. The van der Waals surface area contributed by atoms with Crippen molar-refractivity contribution in [3.05, 3.63) is 77.4 Å². The van der Waals surface area contributed by atoms with E-state index in [1.54, 1.807) is 0 Å². The Morgan fingerprint density at radius 1 is 0.885 bits per heavy atom. The zero-order chi connectivity index (χ0) is 19.2. The number of benzene rings is 2. The molecule has 0 spiro atoms. The first kappa shape index (κ1) is 20.5. The number of rotatable bonds is 8. The summed E-state index contributed by atoms with van der Waals surface area (Å²) in [5.74, 6) is 0.996. The van der Waals surface area contributed by atoms with Gasteiger partial charge in [0.2, 0.25) is 0 Å². The molecule has 0 saturated carbocycles. The van der Waals surface area contributed by atoms with Gasteiger partial charge in [-0.25, -0.2) is 0 Å². The third kappa shape index (κ3) is 6.14. The van der Waals surface area contributed by atoms with Crippen LogP contribution in [0.2, 0.25) is 0 Å². The molecule has 2 aromatic rings. The minimum atomic E-state index is -0.116. The van der Waals surface area contributed by atoms with Gasteiger partial charge >= 0.3 is 0 Å². The lowest BCUT2D eigenvalue weighted by Gasteiger charge is -2.33. The molecule has 0 aromatic heterocycles. The summed E-state index contributed by atoms with van der Waals surface area (Å²) in [4.78, 5) is 0. The fourth-order valence-corrected chi connectivity index (χ4v) is 2.86. The quantitative estimate of drug-likeness (QED) is 0.494. The minimum absolute atomic E-state index is 0.108. The maximum absolute atomic E-state index is 6.28. The second-order valence-corrected chi connectivity index (χ2v) is 8.21. The van der Waals surface area contributed by atoms with Crippen molar-refractivity contribution in [1.82, 2.24) is 0 Å². The number of allylic oxidation sites excluding steroid dienone is 1. The van der Waals surface area contributed by atoms with E-state index in [2.05, 4.69) is 108 Å². The van der Waals surface area contributed by atoms with Gasteiger partial charge in [-0.3, -0.25) is 0 Å². The molecule has 140 valence electrons. The molecule has 2 aromatic carbocycles. The molecule has 0 amide bonds. The van der Waals surface area contributed by atoms with Gasteiger partial charge in [0.15, 0.2) is 0 Å². The van der Waals surface area contributed by atoms with E-state index >= 15 is 0 Å². The lowest BCUT2D eigenvalue weighted by Crippen LogP contribution is -2.32. The molecular formula is C25H34O. The van der Waals surface area contributed by atoms with Crippen LogP contribution in [-0.2, 0) is 11.2 Å². The molecule has 1 heteroatoms. The highest BCUT2D eigenvalue weighted by Gasteiger charge is 2.26. The normalized spacial score (nSPS) is 14.7. The molecule has 0 fully saturated rings. The number of hydrogen-bond donors (Lipinski definition) is 0. The Labute approximate surface area is 160 Å². The fraction of sp³-hybridized carbons (Fsp3) is 0.440. The summed E-state index contributed by atoms with van der Waals surface area (Å²) in [6.45, 7) is 13.2. The Hall–Kier alpha value is -1.86. The molecule has 2 rings (SSSR count). The summed E-state index contributed by atoms with van der Waals surface area (Å²) in [5, 5.41) is 0. The smallest absolute Gasteiger partial charge is 0.0804 e. The summed E-state index contributed by atoms with van der Waals surface area (Å²) in [6.07, 6.45) is 5.66. The van der Waals surface area contributed by atoms with E-state index in [0.29, 0.717) is 11.8 Å². The van der Waals surface area contributed by atoms with Crippen molar-refractivity contribution < 1.29 is 4.74 Å². The highest BCUT2D eigenvalue weighted by Crippen LogP contribution is 2.29. The predicted molar refractivity (Wildman–Crippen MR) is 113 cm³/mol. The van der Waals surface area contributed by atoms with Crippen LogP contribution in [0, 0.1) is 11.8 Å². The molecule has 0 aliphatic carbocycles. The molecule has 0 N–H and O–H groups in total. The Morgan fingerprint density at radius 2 is 1.50 bits per heavy atom. The van der Waals surface area contributed by atoms with Crippen molar-refractivity contribution in [1.29, 1.82) is 0 Å². The Bertz CT molecular complexity index is 680. The molecule has 0 heterocycles. The van der Waals surface area contributed by atoms with Gasteiger partial charge < -0.3 is 4.74 Å². The first-order chi connectivity index (χ1) is 12.3. The molecule has 0 saturated heterocycles. The molecule has 26 heavy (non-hydrogen) atoms. The van der Waals surface area contributed by atoms with E-state index in [1.807, 2.05) is 0 Å². The van der Waals surface area contributed by atoms with Gasteiger partial charge in [-0.05, 0) is 55.7 Å². The number of hydrogen-bond acceptors (Lipinski definition) is 1. The minimum Gasteiger partial charge on any atom is -0.368 e. The van der Waals surface area contributed by atoms with Crippen LogP contribution in [0.1, 0.15) is 64.3 Å². The van der Waals surface area contributed by atoms with Gasteiger partial charge in [0.05, 0.1) is 11.7 Å². The van der Waals surface area contributed by atoms with Crippen molar-refractivity contribution in [2.45, 2.75) is 59.7 Å². The van der Waals surface area contributed by atoms with E-state index in [4.69, 9.17) is 4.74 Å². The molecule has 0 radical (unpaired) electrons. The van der Waals surface area contributed by atoms with Crippen LogP contribution in [0.5, 0.6) is 0 Å². The van der Waals surface area contributed by atoms with E-state index in [0.717, 1.165) is 6.42 Å². The van der Waals surface area contributed by atoms with Crippen LogP contribution in [0.25, 0.3) is 6.08 Å². The summed E-state index contributed by atoms with van der Waals surface area (Å²) in [6, 6.07) is 19.4. The Kier molecular flexibility index (Phi) is 7.23. The molecule has 0 aliphatic rings. The summed E-state index contributed by atoms with van der Waals surface area (Å²) < 4.78 is 6.28. The topological polar surface area (TPSA) is 9.23 Å². The first-order valence-electron chi connectivity index (χ1n) is 9.78. The van der Waals surface area contributed by atoms with E-state index in [9.17, 15) is 0 Å². The van der Waals surface area contributed by atoms with E-state index in [-0.39, 0.29) is 11.7 Å². The third-order valence-electron chi connectivity index (χ3n) is 5.29. The predicted octanol–water partition coefficient (Wildman–Crippen LogP) is 7.09. The zero-order valence-corrected chi connectivity index (χ0v) is 17.2. The third-order valence-corrected chi connectivity index (χ3v) is 5.29. The van der Waals surface area contributed by atoms with Crippen LogP contribution >= 0.6 is 0 Å². The standard InChI is InChI=1S/C25H34O/c1-19(2)25(5,6)26-21(4)24-16-14-23(15-17-24)18-20(3)12-13-22-10-8-7-9-11-22/h7-17,19-21H,18H2,1-6H3/b13-12+. The van der Waals surface area contributed by atoms with Gasteiger partial charge in [-0.2, -0.15) is 0 Å². The average Bonchev–Trinajstić information content (AvgIpc) is 2.61. The first-order valence-corrected chi connectivity index (χ1v) is 9.78. The van der Waals surface area contributed by atoms with Crippen molar-refractivity contribution in [2.24, 2.45) is 11.8 Å². The molecule has 0 aliphatic heterocycles. The van der Waals surface area contributed by atoms with E-state index in [1.165, 1.54) is 16.7 Å². The van der Waals surface area contributed by atoms with Crippen LogP contribution in [0.15, 0.2) is 60.7 Å². The monoisotopic (exact) mass is 350 g/mol. The highest BCUT2D eigenvalue weighted by atomic mass is 16.5. The van der Waals surface area contributed by atoms with Crippen LogP contribution in [0.4, 0.5) is 0 Å². The van der Waals surface area contributed by atoms with Crippen LogP contribution in [-0.4, -0.2) is 5.60 Å². The largest absolute Gasteiger partial charge is 0.368 e. The second kappa shape index (κ2) is 9.19. The average molecular weight is 351 g/mol. The van der Waals surface area contributed by atoms with Crippen LogP contribution < -0.4 is 0 Å². The Balaban J connectivity index is 1.93. The van der Waals surface area contributed by atoms with Crippen molar-refractivity contribution >= 4 is 6.08 Å². The van der Waals surface area contributed by atoms with Crippen molar-refractivity contribution in [3.63, 3.8) is 0 Å².